The summed E-state index contributed by atoms with van der Waals surface area (Å²) in [6.45, 7) is 3.88. The van der Waals surface area contributed by atoms with Crippen LogP contribution >= 0.6 is 0 Å². The van der Waals surface area contributed by atoms with Gasteiger partial charge in [-0.15, -0.1) is 0 Å². The third-order valence-corrected chi connectivity index (χ3v) is 3.41. The minimum Gasteiger partial charge on any atom is -0.461 e. The summed E-state index contributed by atoms with van der Waals surface area (Å²) in [5.74, 6) is -0.412. The largest absolute Gasteiger partial charge is 0.461 e. The fraction of sp³-hybridized carbons (Fsp3) is 0.200. The Morgan fingerprint density at radius 2 is 2.05 bits per heavy atom. The second-order valence-electron chi connectivity index (χ2n) is 4.60. The molecule has 2 N–H and O–H groups in total. The molecule has 0 unspecified atom stereocenters. The first-order valence-corrected chi connectivity index (χ1v) is 6.43. The molecule has 5 heteroatoms. The zero-order chi connectivity index (χ0) is 14.3. The Bertz CT molecular complexity index is 874. The summed E-state index contributed by atoms with van der Waals surface area (Å²) in [6, 6.07) is 5.08. The van der Waals surface area contributed by atoms with E-state index in [1.54, 1.807) is 19.2 Å². The van der Waals surface area contributed by atoms with E-state index in [-0.39, 0.29) is 5.43 Å². The zero-order valence-electron chi connectivity index (χ0n) is 11.2. The Morgan fingerprint density at radius 1 is 1.25 bits per heavy atom. The van der Waals surface area contributed by atoms with Crippen LogP contribution in [0, 0.1) is 6.92 Å². The Kier molecular flexibility index (Phi) is 2.82. The van der Waals surface area contributed by atoms with Crippen LogP contribution in [0.1, 0.15) is 23.0 Å². The highest BCUT2D eigenvalue weighted by Crippen LogP contribution is 2.26. The van der Waals surface area contributed by atoms with Crippen molar-refractivity contribution in [2.75, 3.05) is 6.61 Å². The summed E-state index contributed by atoms with van der Waals surface area (Å²) in [6.07, 6.45) is 1.69. The van der Waals surface area contributed by atoms with Crippen LogP contribution in [-0.2, 0) is 4.74 Å². The van der Waals surface area contributed by atoms with Gasteiger partial charge in [0.1, 0.15) is 5.69 Å². The quantitative estimate of drug-likeness (QED) is 0.702. The number of fused-ring (bicyclic) bond motifs is 3. The topological polar surface area (TPSA) is 75.0 Å². The molecule has 1 aromatic carbocycles. The van der Waals surface area contributed by atoms with E-state index in [4.69, 9.17) is 4.74 Å². The van der Waals surface area contributed by atoms with Crippen molar-refractivity contribution < 1.29 is 9.53 Å². The number of pyridine rings is 1. The van der Waals surface area contributed by atoms with Crippen molar-refractivity contribution in [1.29, 1.82) is 0 Å². The van der Waals surface area contributed by atoms with Gasteiger partial charge in [-0.3, -0.25) is 4.79 Å². The molecule has 2 heterocycles. The van der Waals surface area contributed by atoms with E-state index < -0.39 is 5.97 Å². The smallest absolute Gasteiger partial charge is 0.355 e. The maximum Gasteiger partial charge on any atom is 0.355 e. The van der Waals surface area contributed by atoms with Crippen molar-refractivity contribution in [3.63, 3.8) is 0 Å². The Balaban J connectivity index is 2.39. The van der Waals surface area contributed by atoms with Crippen LogP contribution in [0.2, 0.25) is 0 Å². The number of esters is 1. The highest BCUT2D eigenvalue weighted by molar-refractivity contribution is 6.10. The van der Waals surface area contributed by atoms with Gasteiger partial charge in [-0.2, -0.15) is 0 Å². The second kappa shape index (κ2) is 4.52. The van der Waals surface area contributed by atoms with Gasteiger partial charge in [-0.1, -0.05) is 6.07 Å². The first-order chi connectivity index (χ1) is 9.63. The number of hydrogen-bond donors (Lipinski definition) is 2. The van der Waals surface area contributed by atoms with Crippen molar-refractivity contribution in [2.45, 2.75) is 13.8 Å². The first kappa shape index (κ1) is 12.5. The lowest BCUT2D eigenvalue weighted by Crippen LogP contribution is -2.09. The predicted molar refractivity (Wildman–Crippen MR) is 77.1 cm³/mol. The normalized spacial score (nSPS) is 11.1. The van der Waals surface area contributed by atoms with Crippen molar-refractivity contribution in [1.82, 2.24) is 9.97 Å². The fourth-order valence-corrected chi connectivity index (χ4v) is 2.53. The van der Waals surface area contributed by atoms with Crippen LogP contribution in [0.15, 0.2) is 29.2 Å². The van der Waals surface area contributed by atoms with Gasteiger partial charge in [0.15, 0.2) is 5.43 Å². The molecule has 0 aliphatic rings. The number of ether oxygens (including phenoxy) is 1. The van der Waals surface area contributed by atoms with Gasteiger partial charge >= 0.3 is 5.97 Å². The standard InChI is InChI=1S/C15H14N2O3/c1-3-20-15(19)14-8(2)12-10(7-16-14)17-9-5-4-6-11(18)13(9)12/h4-7,16-17H,3H2,1-2H3. The van der Waals surface area contributed by atoms with E-state index in [0.717, 1.165) is 22.0 Å². The maximum atomic E-state index is 12.1. The summed E-state index contributed by atoms with van der Waals surface area (Å²) in [7, 11) is 0. The molecule has 0 atom stereocenters. The number of benzene rings is 1. The number of H-pyrrole nitrogens is 2. The Morgan fingerprint density at radius 3 is 2.80 bits per heavy atom. The average molecular weight is 270 g/mol. The Labute approximate surface area is 114 Å². The molecule has 20 heavy (non-hydrogen) atoms. The van der Waals surface area contributed by atoms with Crippen molar-refractivity contribution in [2.24, 2.45) is 0 Å². The molecule has 0 spiro atoms. The van der Waals surface area contributed by atoms with Gasteiger partial charge in [-0.05, 0) is 31.5 Å². The number of hydrogen-bond acceptors (Lipinski definition) is 3. The van der Waals surface area contributed by atoms with Gasteiger partial charge in [-0.25, -0.2) is 4.79 Å². The van der Waals surface area contributed by atoms with Gasteiger partial charge < -0.3 is 14.7 Å². The number of nitrogens with one attached hydrogen (secondary N) is 2. The minimum atomic E-state index is -0.412. The van der Waals surface area contributed by atoms with Crippen molar-refractivity contribution >= 4 is 27.8 Å². The predicted octanol–water partition coefficient (Wildman–Crippen LogP) is 2.49. The van der Waals surface area contributed by atoms with Crippen molar-refractivity contribution in [3.05, 3.63) is 45.9 Å². The van der Waals surface area contributed by atoms with E-state index in [0.29, 0.717) is 17.7 Å². The van der Waals surface area contributed by atoms with Crippen LogP contribution in [0.4, 0.5) is 0 Å². The van der Waals surface area contributed by atoms with Crippen LogP contribution in [0.5, 0.6) is 0 Å². The third kappa shape index (κ3) is 1.71. The summed E-state index contributed by atoms with van der Waals surface area (Å²) >= 11 is 0. The second-order valence-corrected chi connectivity index (χ2v) is 4.60. The SMILES string of the molecule is CCOC(=O)c1[nH]cc2[nH]c3cccc(=O)c3c2c1C. The van der Waals surface area contributed by atoms with E-state index in [2.05, 4.69) is 9.97 Å². The minimum absolute atomic E-state index is 0.0575. The van der Waals surface area contributed by atoms with Gasteiger partial charge in [0.05, 0.1) is 23.0 Å². The molecule has 102 valence electrons. The van der Waals surface area contributed by atoms with Gasteiger partial charge in [0.2, 0.25) is 0 Å². The number of aryl methyl sites for hydroxylation is 1. The van der Waals surface area contributed by atoms with Crippen molar-refractivity contribution in [3.8, 4) is 0 Å². The monoisotopic (exact) mass is 270 g/mol. The lowest BCUT2D eigenvalue weighted by atomic mass is 10.1. The van der Waals surface area contributed by atoms with Crippen LogP contribution in [0.3, 0.4) is 0 Å². The molecule has 3 aromatic rings. The molecule has 5 nitrogen and oxygen atoms in total. The van der Waals surface area contributed by atoms with E-state index in [1.165, 1.54) is 6.07 Å². The molecule has 3 rings (SSSR count). The molecule has 0 saturated heterocycles. The first-order valence-electron chi connectivity index (χ1n) is 6.43. The summed E-state index contributed by atoms with van der Waals surface area (Å²) in [5.41, 5.74) is 2.61. The molecular weight excluding hydrogens is 256 g/mol. The lowest BCUT2D eigenvalue weighted by Gasteiger charge is -2.06. The third-order valence-electron chi connectivity index (χ3n) is 3.41. The molecule has 0 bridgehead atoms. The number of aromatic amines is 2. The number of carbonyl (C=O) groups is 1. The average Bonchev–Trinajstić information content (AvgIpc) is 2.80. The highest BCUT2D eigenvalue weighted by Gasteiger charge is 2.17. The highest BCUT2D eigenvalue weighted by atomic mass is 16.5. The molecule has 2 aromatic heterocycles. The van der Waals surface area contributed by atoms with Gasteiger partial charge in [0.25, 0.3) is 0 Å². The molecule has 0 radical (unpaired) electrons. The summed E-state index contributed by atoms with van der Waals surface area (Å²) < 4.78 is 5.02. The molecule has 0 fully saturated rings. The summed E-state index contributed by atoms with van der Waals surface area (Å²) in [4.78, 5) is 30.1. The molecule has 0 amide bonds. The zero-order valence-corrected chi connectivity index (χ0v) is 11.2. The van der Waals surface area contributed by atoms with Crippen LogP contribution in [-0.4, -0.2) is 22.5 Å². The fourth-order valence-electron chi connectivity index (χ4n) is 2.53. The molecule has 0 aliphatic heterocycles. The van der Waals surface area contributed by atoms with Crippen LogP contribution < -0.4 is 5.43 Å². The van der Waals surface area contributed by atoms with E-state index in [9.17, 15) is 9.59 Å². The number of rotatable bonds is 2. The molecule has 0 aliphatic carbocycles. The van der Waals surface area contributed by atoms with Crippen LogP contribution in [0.25, 0.3) is 21.8 Å². The lowest BCUT2D eigenvalue weighted by molar-refractivity contribution is 0.0519. The number of carbonyl (C=O) groups excluding carboxylic acids is 1. The number of aromatic nitrogens is 2. The molecular formula is C15H14N2O3. The maximum absolute atomic E-state index is 12.1. The van der Waals surface area contributed by atoms with Gasteiger partial charge in [0, 0.05) is 11.6 Å². The Hall–Kier alpha value is -2.56. The summed E-state index contributed by atoms with van der Waals surface area (Å²) in [5, 5.41) is 1.38. The molecule has 0 saturated carbocycles. The van der Waals surface area contributed by atoms with E-state index >= 15 is 0 Å². The van der Waals surface area contributed by atoms with E-state index in [1.807, 2.05) is 13.0 Å².